The second-order valence-electron chi connectivity index (χ2n) is 19.9. The summed E-state index contributed by atoms with van der Waals surface area (Å²) in [4.78, 5) is 104. The third kappa shape index (κ3) is 12.8. The summed E-state index contributed by atoms with van der Waals surface area (Å²) in [5.74, 6) is -1.22. The van der Waals surface area contributed by atoms with E-state index in [1.165, 1.54) is 0 Å². The fourth-order valence-corrected chi connectivity index (χ4v) is 6.63. The van der Waals surface area contributed by atoms with Gasteiger partial charge in [-0.05, 0) is 153 Å². The van der Waals surface area contributed by atoms with E-state index in [1.54, 1.807) is 122 Å². The van der Waals surface area contributed by atoms with Gasteiger partial charge in [-0.25, -0.2) is 33.7 Å². The number of urea groups is 1. The predicted octanol–water partition coefficient (Wildman–Crippen LogP) is 9.02. The van der Waals surface area contributed by atoms with E-state index in [0.29, 0.717) is 35.5 Å². The molecule has 0 unspecified atom stereocenters. The molecule has 1 aromatic carbocycles. The van der Waals surface area contributed by atoms with Crippen LogP contribution in [0.25, 0.3) is 0 Å². The van der Waals surface area contributed by atoms with Crippen LogP contribution < -0.4 is 5.32 Å². The molecule has 18 nitrogen and oxygen atoms in total. The number of ether oxygens (including phenoxy) is 6. The summed E-state index contributed by atoms with van der Waals surface area (Å²) in [5, 5.41) is 2.70. The van der Waals surface area contributed by atoms with Crippen molar-refractivity contribution in [1.82, 2.24) is 14.7 Å². The van der Waals surface area contributed by atoms with Crippen molar-refractivity contribution in [1.29, 1.82) is 0 Å². The van der Waals surface area contributed by atoms with Crippen LogP contribution in [0.15, 0.2) is 12.1 Å². The molecule has 1 aromatic rings. The third-order valence-corrected chi connectivity index (χ3v) is 8.70. The number of nitrogens with zero attached hydrogens (tertiary/aromatic N) is 3. The maximum atomic E-state index is 13.9. The Kier molecular flexibility index (Phi) is 14.1. The first-order valence-corrected chi connectivity index (χ1v) is 19.7. The molecule has 18 heteroatoms. The second-order valence-corrected chi connectivity index (χ2v) is 19.9. The van der Waals surface area contributed by atoms with Gasteiger partial charge in [-0.15, -0.1) is 0 Å². The monoisotopic (exact) mass is 846 g/mol. The Hall–Kier alpha value is -5.42. The largest absolute Gasteiger partial charge is 0.519 e. The molecule has 7 amide bonds. The molecule has 1 spiro atoms. The number of amides is 7. The molecule has 4 rings (SSSR count). The first kappa shape index (κ1) is 48.9. The second kappa shape index (κ2) is 17.3. The number of fused-ring (bicyclic) bond motifs is 1. The standard InChI is InChI=1S/C32H44N4O9.C10H18O5/c1-29(2,3)43-25(39)33-21-12-11-19(20-17-34(10)23(37)22(20)21)18-13-15-32(16-14-18)24(38)35(27(41)44-30(4,5)6)26(40)36(32)28(42)45-31(7,8)9;1-9(2,3)14-7(11)13-8(12)15-10(4,5)6/h11-12,18H,13-17H2,1-10H3,(H,33,39);1-6H3. The van der Waals surface area contributed by atoms with Crippen LogP contribution in [0.2, 0.25) is 0 Å². The van der Waals surface area contributed by atoms with E-state index in [-0.39, 0.29) is 24.7 Å². The molecule has 2 fully saturated rings. The smallest absolute Gasteiger partial charge is 0.444 e. The van der Waals surface area contributed by atoms with Gasteiger partial charge < -0.3 is 33.3 Å². The van der Waals surface area contributed by atoms with Gasteiger partial charge in [-0.2, -0.15) is 4.90 Å². The SMILES string of the molecule is CC(C)(C)OC(=O)OC(=O)OC(C)(C)C.CN1Cc2c(C3CCC4(CC3)C(=O)N(C(=O)OC(C)(C)C)C(=O)N4C(=O)OC(C)(C)C)ccc(NC(=O)OC(C)(C)C)c2C1=O. The molecule has 1 saturated heterocycles. The Morgan fingerprint density at radius 2 is 1.10 bits per heavy atom. The number of carbonyl (C=O) groups excluding carboxylic acids is 8. The maximum Gasteiger partial charge on any atom is 0.519 e. The average Bonchev–Trinajstić information content (AvgIpc) is 3.42. The highest BCUT2D eigenvalue weighted by Gasteiger charge is 2.64. The summed E-state index contributed by atoms with van der Waals surface area (Å²) in [6, 6.07) is 2.41. The number of hydrogen-bond acceptors (Lipinski definition) is 14. The van der Waals surface area contributed by atoms with Crippen molar-refractivity contribution >= 4 is 54.1 Å². The zero-order chi connectivity index (χ0) is 46.1. The maximum absolute atomic E-state index is 13.9. The zero-order valence-corrected chi connectivity index (χ0v) is 37.8. The Morgan fingerprint density at radius 3 is 1.55 bits per heavy atom. The quantitative estimate of drug-likeness (QED) is 0.127. The molecule has 0 bridgehead atoms. The van der Waals surface area contributed by atoms with Crippen molar-refractivity contribution < 1.29 is 66.8 Å². The summed E-state index contributed by atoms with van der Waals surface area (Å²) in [6.07, 6.45) is -4.11. The zero-order valence-electron chi connectivity index (χ0n) is 37.8. The number of rotatable bonds is 2. The normalized spacial score (nSPS) is 19.6. The van der Waals surface area contributed by atoms with Gasteiger partial charge in [0.1, 0.15) is 33.5 Å². The van der Waals surface area contributed by atoms with Crippen molar-refractivity contribution in [2.75, 3.05) is 12.4 Å². The van der Waals surface area contributed by atoms with Gasteiger partial charge in [0.15, 0.2) is 0 Å². The number of imide groups is 4. The van der Waals surface area contributed by atoms with E-state index in [0.717, 1.165) is 16.0 Å². The van der Waals surface area contributed by atoms with Crippen LogP contribution in [0.5, 0.6) is 0 Å². The molecule has 1 saturated carbocycles. The molecule has 0 aromatic heterocycles. The summed E-state index contributed by atoms with van der Waals surface area (Å²) >= 11 is 0. The van der Waals surface area contributed by atoms with Gasteiger partial charge in [0.05, 0.1) is 11.3 Å². The third-order valence-electron chi connectivity index (χ3n) is 8.70. The number of benzene rings is 1. The highest BCUT2D eigenvalue weighted by atomic mass is 16.8. The van der Waals surface area contributed by atoms with E-state index in [4.69, 9.17) is 23.7 Å². The lowest BCUT2D eigenvalue weighted by Crippen LogP contribution is -2.55. The minimum absolute atomic E-state index is 0.0667. The molecule has 0 atom stereocenters. The fraction of sp³-hybridized carbons (Fsp3) is 0.667. The summed E-state index contributed by atoms with van der Waals surface area (Å²) in [6.45, 7) is 25.3. The van der Waals surface area contributed by atoms with Gasteiger partial charge in [-0.1, -0.05) is 6.07 Å². The molecule has 1 N–H and O–H groups in total. The molecule has 334 valence electrons. The van der Waals surface area contributed by atoms with Crippen LogP contribution in [0.3, 0.4) is 0 Å². The van der Waals surface area contributed by atoms with Gasteiger partial charge in [0, 0.05) is 13.6 Å². The Bertz CT molecular complexity index is 1850. The number of anilines is 1. The van der Waals surface area contributed by atoms with Crippen LogP contribution in [0.1, 0.15) is 157 Å². The molecule has 60 heavy (non-hydrogen) atoms. The summed E-state index contributed by atoms with van der Waals surface area (Å²) < 4.78 is 30.0. The Balaban J connectivity index is 0.000000544. The van der Waals surface area contributed by atoms with Gasteiger partial charge in [-0.3, -0.25) is 14.9 Å². The average molecular weight is 847 g/mol. The first-order valence-electron chi connectivity index (χ1n) is 19.7. The fourth-order valence-electron chi connectivity index (χ4n) is 6.63. The van der Waals surface area contributed by atoms with Gasteiger partial charge >= 0.3 is 36.6 Å². The molecule has 0 radical (unpaired) electrons. The van der Waals surface area contributed by atoms with Crippen LogP contribution >= 0.6 is 0 Å². The van der Waals surface area contributed by atoms with E-state index < -0.39 is 76.1 Å². The number of hydrogen-bond donors (Lipinski definition) is 1. The molecule has 1 aliphatic carbocycles. The molecular weight excluding hydrogens is 784 g/mol. The number of carbonyl (C=O) groups is 8. The van der Waals surface area contributed by atoms with Gasteiger partial charge in [0.2, 0.25) is 0 Å². The van der Waals surface area contributed by atoms with Crippen LogP contribution in [0.4, 0.5) is 34.5 Å². The van der Waals surface area contributed by atoms with Gasteiger partial charge in [0.25, 0.3) is 11.8 Å². The minimum atomic E-state index is -1.64. The first-order chi connectivity index (χ1) is 27.0. The van der Waals surface area contributed by atoms with E-state index in [9.17, 15) is 38.4 Å². The topological polar surface area (TPSA) is 214 Å². The molecular formula is C42H62N4O14. The Labute approximate surface area is 351 Å². The van der Waals surface area contributed by atoms with Crippen molar-refractivity contribution in [3.05, 3.63) is 28.8 Å². The van der Waals surface area contributed by atoms with E-state index in [2.05, 4.69) is 10.1 Å². The molecule has 2 heterocycles. The number of nitrogens with one attached hydrogen (secondary N) is 1. The minimum Gasteiger partial charge on any atom is -0.444 e. The van der Waals surface area contributed by atoms with Crippen molar-refractivity contribution in [3.63, 3.8) is 0 Å². The predicted molar refractivity (Wildman–Crippen MR) is 216 cm³/mol. The van der Waals surface area contributed by atoms with Crippen LogP contribution in [-0.4, -0.2) is 104 Å². The summed E-state index contributed by atoms with van der Waals surface area (Å²) in [7, 11) is 1.67. The van der Waals surface area contributed by atoms with Crippen molar-refractivity contribution in [2.45, 2.75) is 176 Å². The lowest BCUT2D eigenvalue weighted by atomic mass is 9.72. The lowest BCUT2D eigenvalue weighted by Gasteiger charge is -2.40. The van der Waals surface area contributed by atoms with Crippen molar-refractivity contribution in [3.8, 4) is 0 Å². The highest BCUT2D eigenvalue weighted by molar-refractivity contribution is 6.21. The van der Waals surface area contributed by atoms with E-state index >= 15 is 0 Å². The van der Waals surface area contributed by atoms with Crippen LogP contribution in [-0.2, 0) is 39.8 Å². The Morgan fingerprint density at radius 1 is 0.650 bits per heavy atom. The lowest BCUT2D eigenvalue weighted by molar-refractivity contribution is -0.134. The molecule has 2 aliphatic heterocycles. The van der Waals surface area contributed by atoms with E-state index in [1.807, 2.05) is 6.07 Å². The van der Waals surface area contributed by atoms with Crippen molar-refractivity contribution in [2.24, 2.45) is 0 Å². The summed E-state index contributed by atoms with van der Waals surface area (Å²) in [5.41, 5.74) is -3.37. The molecule has 3 aliphatic rings. The van der Waals surface area contributed by atoms with Crippen LogP contribution in [0, 0.1) is 0 Å². The highest BCUT2D eigenvalue weighted by Crippen LogP contribution is 2.48.